The fraction of sp³-hybridized carbons (Fsp3) is 0.632. The first-order chi connectivity index (χ1) is 10.9. The minimum absolute atomic E-state index is 0.0986. The van der Waals surface area contributed by atoms with Crippen LogP contribution in [0.15, 0.2) is 24.3 Å². The van der Waals surface area contributed by atoms with Crippen LogP contribution in [0.4, 0.5) is 0 Å². The number of amides is 1. The average molecular weight is 319 g/mol. The van der Waals surface area contributed by atoms with Crippen LogP contribution in [0.3, 0.4) is 0 Å². The van der Waals surface area contributed by atoms with Crippen LogP contribution < -0.4 is 10.1 Å². The highest BCUT2D eigenvalue weighted by atomic mass is 16.5. The molecule has 23 heavy (non-hydrogen) atoms. The lowest BCUT2D eigenvalue weighted by Gasteiger charge is -2.31. The molecule has 2 N–H and O–H groups in total. The normalized spacial score (nSPS) is 17.0. The van der Waals surface area contributed by atoms with Gasteiger partial charge >= 0.3 is 0 Å². The molecule has 0 unspecified atom stereocenters. The molecule has 1 fully saturated rings. The highest BCUT2D eigenvalue weighted by Gasteiger charge is 2.43. The van der Waals surface area contributed by atoms with Crippen molar-refractivity contribution in [3.8, 4) is 5.75 Å². The van der Waals surface area contributed by atoms with Gasteiger partial charge in [-0.25, -0.2) is 0 Å². The predicted octanol–water partition coefficient (Wildman–Crippen LogP) is 3.03. The van der Waals surface area contributed by atoms with E-state index in [1.165, 1.54) is 0 Å². The predicted molar refractivity (Wildman–Crippen MR) is 91.6 cm³/mol. The maximum Gasteiger partial charge on any atom is 0.230 e. The van der Waals surface area contributed by atoms with Crippen molar-refractivity contribution in [2.75, 3.05) is 20.3 Å². The molecular weight excluding hydrogens is 290 g/mol. The summed E-state index contributed by atoms with van der Waals surface area (Å²) in [5.74, 6) is 0.899. The van der Waals surface area contributed by atoms with Gasteiger partial charge < -0.3 is 15.2 Å². The monoisotopic (exact) mass is 319 g/mol. The average Bonchev–Trinajstić information content (AvgIpc) is 3.04. The van der Waals surface area contributed by atoms with Gasteiger partial charge in [0.05, 0.1) is 12.5 Å². The van der Waals surface area contributed by atoms with Gasteiger partial charge in [-0.1, -0.05) is 38.8 Å². The summed E-state index contributed by atoms with van der Waals surface area (Å²) < 4.78 is 5.33. The maximum absolute atomic E-state index is 13.0. The van der Waals surface area contributed by atoms with Gasteiger partial charge in [-0.2, -0.15) is 0 Å². The van der Waals surface area contributed by atoms with Crippen LogP contribution in [-0.2, 0) is 10.2 Å². The summed E-state index contributed by atoms with van der Waals surface area (Å²) in [7, 11) is 1.65. The quantitative estimate of drug-likeness (QED) is 0.812. The van der Waals surface area contributed by atoms with Crippen LogP contribution in [-0.4, -0.2) is 31.3 Å². The summed E-state index contributed by atoms with van der Waals surface area (Å²) in [6.45, 7) is 4.86. The number of carbonyl (C=O) groups is 1. The molecule has 0 aromatic heterocycles. The van der Waals surface area contributed by atoms with E-state index in [2.05, 4.69) is 19.2 Å². The summed E-state index contributed by atoms with van der Waals surface area (Å²) in [5.41, 5.74) is 0.509. The Balaban J connectivity index is 2.18. The van der Waals surface area contributed by atoms with Gasteiger partial charge in [-0.15, -0.1) is 0 Å². The first-order valence-corrected chi connectivity index (χ1v) is 8.47. The Labute approximate surface area is 139 Å². The Morgan fingerprint density at radius 3 is 2.65 bits per heavy atom. The van der Waals surface area contributed by atoms with Crippen molar-refractivity contribution in [3.05, 3.63) is 29.8 Å². The lowest BCUT2D eigenvalue weighted by Crippen LogP contribution is -2.45. The van der Waals surface area contributed by atoms with Crippen molar-refractivity contribution in [2.24, 2.45) is 5.41 Å². The first kappa shape index (κ1) is 17.8. The molecule has 1 amide bonds. The van der Waals surface area contributed by atoms with E-state index in [9.17, 15) is 4.79 Å². The molecule has 2 rings (SSSR count). The number of benzene rings is 1. The number of aliphatic hydroxyl groups is 1. The van der Waals surface area contributed by atoms with Gasteiger partial charge in [0, 0.05) is 13.2 Å². The van der Waals surface area contributed by atoms with Gasteiger partial charge in [-0.3, -0.25) is 4.79 Å². The van der Waals surface area contributed by atoms with Crippen LogP contribution in [0, 0.1) is 5.41 Å². The molecule has 0 heterocycles. The Morgan fingerprint density at radius 2 is 2.04 bits per heavy atom. The van der Waals surface area contributed by atoms with Crippen LogP contribution >= 0.6 is 0 Å². The molecular formula is C19H29NO3. The zero-order chi connectivity index (χ0) is 16.9. The zero-order valence-electron chi connectivity index (χ0n) is 14.5. The minimum atomic E-state index is -0.441. The fourth-order valence-electron chi connectivity index (χ4n) is 3.43. The van der Waals surface area contributed by atoms with Gasteiger partial charge in [0.1, 0.15) is 5.75 Å². The molecule has 4 nitrogen and oxygen atoms in total. The number of aliphatic hydroxyl groups excluding tert-OH is 1. The minimum Gasteiger partial charge on any atom is -0.497 e. The van der Waals surface area contributed by atoms with E-state index >= 15 is 0 Å². The Morgan fingerprint density at radius 1 is 1.35 bits per heavy atom. The second-order valence-corrected chi connectivity index (χ2v) is 7.34. The van der Waals surface area contributed by atoms with Crippen molar-refractivity contribution in [1.29, 1.82) is 0 Å². The number of methoxy groups -OCH3 is 1. The van der Waals surface area contributed by atoms with Crippen molar-refractivity contribution >= 4 is 5.91 Å². The van der Waals surface area contributed by atoms with E-state index in [-0.39, 0.29) is 17.9 Å². The molecule has 0 bridgehead atoms. The SMILES string of the molecule is COc1cccc(C2(C(=O)NCC(C)(C)CCO)CCCC2)c1. The number of hydrogen-bond donors (Lipinski definition) is 2. The number of rotatable bonds is 7. The molecule has 1 aliphatic carbocycles. The molecule has 0 atom stereocenters. The summed E-state index contributed by atoms with van der Waals surface area (Å²) in [5, 5.41) is 12.3. The third kappa shape index (κ3) is 4.05. The summed E-state index contributed by atoms with van der Waals surface area (Å²) in [6, 6.07) is 7.89. The number of ether oxygens (including phenoxy) is 1. The lowest BCUT2D eigenvalue weighted by molar-refractivity contribution is -0.127. The second kappa shape index (κ2) is 7.35. The van der Waals surface area contributed by atoms with Crippen LogP contribution in [0.5, 0.6) is 5.75 Å². The van der Waals surface area contributed by atoms with Crippen LogP contribution in [0.1, 0.15) is 51.5 Å². The molecule has 1 aromatic rings. The molecule has 0 radical (unpaired) electrons. The highest BCUT2D eigenvalue weighted by molar-refractivity contribution is 5.88. The van der Waals surface area contributed by atoms with E-state index in [4.69, 9.17) is 9.84 Å². The Bertz CT molecular complexity index is 533. The first-order valence-electron chi connectivity index (χ1n) is 8.47. The number of hydrogen-bond acceptors (Lipinski definition) is 3. The standard InChI is InChI=1S/C19H29NO3/c1-18(2,11-12-21)14-20-17(22)19(9-4-5-10-19)15-7-6-8-16(13-15)23-3/h6-8,13,21H,4-5,9-12,14H2,1-3H3,(H,20,22). The zero-order valence-corrected chi connectivity index (χ0v) is 14.5. The van der Waals surface area contributed by atoms with Crippen LogP contribution in [0.25, 0.3) is 0 Å². The third-order valence-electron chi connectivity index (χ3n) is 5.03. The molecule has 128 valence electrons. The molecule has 1 saturated carbocycles. The molecule has 1 aliphatic rings. The Kier molecular flexibility index (Phi) is 5.69. The number of carbonyl (C=O) groups excluding carboxylic acids is 1. The second-order valence-electron chi connectivity index (χ2n) is 7.34. The van der Waals surface area contributed by atoms with Crippen molar-refractivity contribution in [1.82, 2.24) is 5.32 Å². The summed E-state index contributed by atoms with van der Waals surface area (Å²) >= 11 is 0. The fourth-order valence-corrected chi connectivity index (χ4v) is 3.43. The van der Waals surface area contributed by atoms with E-state index in [0.29, 0.717) is 13.0 Å². The number of nitrogens with one attached hydrogen (secondary N) is 1. The maximum atomic E-state index is 13.0. The summed E-state index contributed by atoms with van der Waals surface area (Å²) in [4.78, 5) is 13.0. The molecule has 0 aliphatic heterocycles. The van der Waals surface area contributed by atoms with E-state index < -0.39 is 5.41 Å². The van der Waals surface area contributed by atoms with Crippen molar-refractivity contribution in [3.63, 3.8) is 0 Å². The summed E-state index contributed by atoms with van der Waals surface area (Å²) in [6.07, 6.45) is 4.59. The Hall–Kier alpha value is -1.55. The topological polar surface area (TPSA) is 58.6 Å². The van der Waals surface area contributed by atoms with Gasteiger partial charge in [0.2, 0.25) is 5.91 Å². The highest BCUT2D eigenvalue weighted by Crippen LogP contribution is 2.42. The molecule has 1 aromatic carbocycles. The lowest BCUT2D eigenvalue weighted by atomic mass is 9.77. The van der Waals surface area contributed by atoms with E-state index in [0.717, 1.165) is 37.0 Å². The van der Waals surface area contributed by atoms with E-state index in [1.807, 2.05) is 24.3 Å². The van der Waals surface area contributed by atoms with E-state index in [1.54, 1.807) is 7.11 Å². The van der Waals surface area contributed by atoms with Crippen molar-refractivity contribution < 1.29 is 14.6 Å². The third-order valence-corrected chi connectivity index (χ3v) is 5.03. The largest absolute Gasteiger partial charge is 0.497 e. The van der Waals surface area contributed by atoms with Crippen LogP contribution in [0.2, 0.25) is 0 Å². The molecule has 0 spiro atoms. The van der Waals surface area contributed by atoms with Gasteiger partial charge in [-0.05, 0) is 42.4 Å². The van der Waals surface area contributed by atoms with Gasteiger partial charge in [0.15, 0.2) is 0 Å². The smallest absolute Gasteiger partial charge is 0.230 e. The van der Waals surface area contributed by atoms with Gasteiger partial charge in [0.25, 0.3) is 0 Å². The molecule has 0 saturated heterocycles. The molecule has 4 heteroatoms. The van der Waals surface area contributed by atoms with Crippen molar-refractivity contribution in [2.45, 2.75) is 51.4 Å².